The molecule has 0 aliphatic carbocycles. The van der Waals surface area contributed by atoms with Crippen molar-refractivity contribution in [2.75, 3.05) is 31.0 Å². The molecular formula is C28H20Cl3N3O8. The number of carbonyl (C=O) groups excluding carboxylic acids is 5. The highest BCUT2D eigenvalue weighted by Gasteiger charge is 2.37. The second kappa shape index (κ2) is 12.9. The van der Waals surface area contributed by atoms with Gasteiger partial charge in [0.25, 0.3) is 17.7 Å². The van der Waals surface area contributed by atoms with Gasteiger partial charge >= 0.3 is 12.0 Å². The van der Waals surface area contributed by atoms with Gasteiger partial charge in [0.05, 0.1) is 40.5 Å². The van der Waals surface area contributed by atoms with Gasteiger partial charge in [-0.05, 0) is 66.2 Å². The summed E-state index contributed by atoms with van der Waals surface area (Å²) < 4.78 is 15.6. The largest absolute Gasteiger partial charge is 0.493 e. The second-order valence-corrected chi connectivity index (χ2v) is 9.72. The first kappa shape index (κ1) is 30.4. The predicted octanol–water partition coefficient (Wildman–Crippen LogP) is 5.13. The summed E-state index contributed by atoms with van der Waals surface area (Å²) in [6.07, 6.45) is 1.22. The van der Waals surface area contributed by atoms with Crippen LogP contribution in [-0.2, 0) is 19.1 Å². The number of ether oxygens (including phenoxy) is 3. The first-order valence-corrected chi connectivity index (χ1v) is 13.0. The van der Waals surface area contributed by atoms with Gasteiger partial charge in [-0.2, -0.15) is 0 Å². The molecule has 0 unspecified atom stereocenters. The number of urea groups is 1. The van der Waals surface area contributed by atoms with Crippen LogP contribution in [0.15, 0.2) is 60.2 Å². The van der Waals surface area contributed by atoms with E-state index >= 15 is 0 Å². The minimum absolute atomic E-state index is 0.0125. The van der Waals surface area contributed by atoms with E-state index in [9.17, 15) is 24.0 Å². The lowest BCUT2D eigenvalue weighted by molar-refractivity contribution is -0.122. The molecule has 5 amide bonds. The number of benzene rings is 3. The summed E-state index contributed by atoms with van der Waals surface area (Å²) in [6, 6.07) is 11.9. The molecule has 3 aromatic carbocycles. The zero-order chi connectivity index (χ0) is 30.6. The topological polar surface area (TPSA) is 140 Å². The predicted molar refractivity (Wildman–Crippen MR) is 155 cm³/mol. The highest BCUT2D eigenvalue weighted by molar-refractivity contribution is 6.42. The third-order valence-corrected chi connectivity index (χ3v) is 6.78. The number of anilines is 2. The van der Waals surface area contributed by atoms with Crippen molar-refractivity contribution in [3.05, 3.63) is 86.4 Å². The third-order valence-electron chi connectivity index (χ3n) is 5.76. The van der Waals surface area contributed by atoms with Crippen LogP contribution in [0.25, 0.3) is 6.08 Å². The number of barbiturate groups is 1. The van der Waals surface area contributed by atoms with E-state index in [-0.39, 0.29) is 43.9 Å². The summed E-state index contributed by atoms with van der Waals surface area (Å²) in [5.74, 6) is -2.83. The lowest BCUT2D eigenvalue weighted by atomic mass is 10.1. The number of carbonyl (C=O) groups is 5. The maximum absolute atomic E-state index is 13.2. The van der Waals surface area contributed by atoms with Gasteiger partial charge in [-0.3, -0.25) is 19.7 Å². The van der Waals surface area contributed by atoms with Gasteiger partial charge in [0.2, 0.25) is 0 Å². The van der Waals surface area contributed by atoms with Crippen LogP contribution < -0.4 is 25.0 Å². The molecule has 0 aromatic heterocycles. The highest BCUT2D eigenvalue weighted by atomic mass is 35.5. The average Bonchev–Trinajstić information content (AvgIpc) is 2.96. The van der Waals surface area contributed by atoms with Crippen LogP contribution >= 0.6 is 34.8 Å². The summed E-state index contributed by atoms with van der Waals surface area (Å²) in [5.41, 5.74) is 0.606. The van der Waals surface area contributed by atoms with Crippen LogP contribution in [0.4, 0.5) is 16.2 Å². The number of imide groups is 2. The van der Waals surface area contributed by atoms with E-state index in [0.717, 1.165) is 4.90 Å². The molecule has 3 aromatic rings. The Bertz CT molecular complexity index is 1640. The molecule has 0 radical (unpaired) electrons. The molecule has 1 heterocycles. The van der Waals surface area contributed by atoms with Crippen molar-refractivity contribution >= 4 is 82.0 Å². The van der Waals surface area contributed by atoms with Crippen molar-refractivity contribution in [1.82, 2.24) is 5.32 Å². The van der Waals surface area contributed by atoms with Crippen LogP contribution in [0.2, 0.25) is 15.1 Å². The van der Waals surface area contributed by atoms with Gasteiger partial charge in [0, 0.05) is 5.69 Å². The van der Waals surface area contributed by atoms with Gasteiger partial charge in [-0.1, -0.05) is 34.8 Å². The molecule has 0 spiro atoms. The minimum Gasteiger partial charge on any atom is -0.493 e. The Kier molecular flexibility index (Phi) is 9.36. The summed E-state index contributed by atoms with van der Waals surface area (Å²) in [6.45, 7) is -0.441. The van der Waals surface area contributed by atoms with Crippen molar-refractivity contribution in [2.45, 2.75) is 0 Å². The van der Waals surface area contributed by atoms with E-state index in [1.807, 2.05) is 0 Å². The zero-order valence-electron chi connectivity index (χ0n) is 21.8. The number of halogens is 3. The quantitative estimate of drug-likeness (QED) is 0.198. The summed E-state index contributed by atoms with van der Waals surface area (Å²) in [5, 5.41) is 5.32. The Hall–Kier alpha value is -4.58. The summed E-state index contributed by atoms with van der Waals surface area (Å²) in [7, 11) is 2.55. The SMILES string of the molecule is COC(=O)c1ccc(N2C(=O)NC(=O)/C(=C/c3cc(Cl)c(OCC(=O)Nc4ccc(Cl)c(Cl)c4)c(OC)c3)C2=O)cc1. The Balaban J connectivity index is 1.54. The zero-order valence-corrected chi connectivity index (χ0v) is 24.1. The summed E-state index contributed by atoms with van der Waals surface area (Å²) >= 11 is 18.3. The van der Waals surface area contributed by atoms with E-state index in [1.165, 1.54) is 68.8 Å². The molecule has 4 rings (SSSR count). The molecule has 1 fully saturated rings. The Morgan fingerprint density at radius 2 is 1.64 bits per heavy atom. The molecule has 0 saturated carbocycles. The van der Waals surface area contributed by atoms with Crippen LogP contribution in [0.1, 0.15) is 15.9 Å². The average molecular weight is 633 g/mol. The molecule has 42 heavy (non-hydrogen) atoms. The molecule has 1 aliphatic heterocycles. The fraction of sp³-hybridized carbons (Fsp3) is 0.107. The molecule has 1 saturated heterocycles. The number of nitrogens with zero attached hydrogens (tertiary/aromatic N) is 1. The molecule has 11 nitrogen and oxygen atoms in total. The number of nitrogens with one attached hydrogen (secondary N) is 2. The summed E-state index contributed by atoms with van der Waals surface area (Å²) in [4.78, 5) is 63.2. The van der Waals surface area contributed by atoms with Crippen LogP contribution in [0.3, 0.4) is 0 Å². The third kappa shape index (κ3) is 6.65. The fourth-order valence-corrected chi connectivity index (χ4v) is 4.37. The van der Waals surface area contributed by atoms with Gasteiger partial charge in [0.1, 0.15) is 5.57 Å². The van der Waals surface area contributed by atoms with Gasteiger partial charge < -0.3 is 19.5 Å². The van der Waals surface area contributed by atoms with E-state index < -0.39 is 36.3 Å². The number of esters is 1. The van der Waals surface area contributed by atoms with Crippen molar-refractivity contribution in [3.63, 3.8) is 0 Å². The first-order chi connectivity index (χ1) is 20.0. The molecule has 0 atom stereocenters. The van der Waals surface area contributed by atoms with Gasteiger partial charge in [0.15, 0.2) is 18.1 Å². The van der Waals surface area contributed by atoms with Crippen LogP contribution in [-0.4, -0.2) is 50.5 Å². The van der Waals surface area contributed by atoms with E-state index in [0.29, 0.717) is 10.7 Å². The smallest absolute Gasteiger partial charge is 0.337 e. The Labute approximate surface area is 253 Å². The number of rotatable bonds is 8. The lowest BCUT2D eigenvalue weighted by Crippen LogP contribution is -2.54. The maximum atomic E-state index is 13.2. The fourth-order valence-electron chi connectivity index (χ4n) is 3.79. The van der Waals surface area contributed by atoms with Crippen molar-refractivity contribution in [3.8, 4) is 11.5 Å². The Morgan fingerprint density at radius 3 is 2.29 bits per heavy atom. The maximum Gasteiger partial charge on any atom is 0.337 e. The highest BCUT2D eigenvalue weighted by Crippen LogP contribution is 2.37. The number of amides is 5. The van der Waals surface area contributed by atoms with E-state index in [2.05, 4.69) is 15.4 Å². The van der Waals surface area contributed by atoms with Crippen LogP contribution in [0, 0.1) is 0 Å². The van der Waals surface area contributed by atoms with E-state index in [1.54, 1.807) is 6.07 Å². The number of hydrogen-bond acceptors (Lipinski definition) is 8. The van der Waals surface area contributed by atoms with Crippen molar-refractivity contribution < 1.29 is 38.2 Å². The second-order valence-electron chi connectivity index (χ2n) is 8.50. The first-order valence-electron chi connectivity index (χ1n) is 11.9. The molecule has 0 bridgehead atoms. The van der Waals surface area contributed by atoms with Crippen molar-refractivity contribution in [1.29, 1.82) is 0 Å². The van der Waals surface area contributed by atoms with E-state index in [4.69, 9.17) is 44.3 Å². The lowest BCUT2D eigenvalue weighted by Gasteiger charge is -2.26. The molecule has 216 valence electrons. The minimum atomic E-state index is -0.966. The van der Waals surface area contributed by atoms with Crippen molar-refractivity contribution in [2.24, 2.45) is 0 Å². The number of hydrogen-bond donors (Lipinski definition) is 2. The van der Waals surface area contributed by atoms with Gasteiger partial charge in [-0.25, -0.2) is 14.5 Å². The normalized spacial score (nSPS) is 14.0. The Morgan fingerprint density at radius 1 is 0.929 bits per heavy atom. The molecular weight excluding hydrogens is 613 g/mol. The molecule has 1 aliphatic rings. The molecule has 14 heteroatoms. The van der Waals surface area contributed by atoms with Crippen LogP contribution in [0.5, 0.6) is 11.5 Å². The number of methoxy groups -OCH3 is 2. The monoisotopic (exact) mass is 631 g/mol. The van der Waals surface area contributed by atoms with Gasteiger partial charge in [-0.15, -0.1) is 0 Å². The standard InChI is InChI=1S/C28H20Cl3N3O8/c1-40-22-11-14(10-21(31)24(22)42-13-23(35)32-16-5-8-19(29)20(30)12-16)9-18-25(36)33-28(39)34(26(18)37)17-6-3-15(4-7-17)27(38)41-2/h3-12H,13H2,1-2H3,(H,32,35)(H,33,36,39)/b18-9-. The molecule has 2 N–H and O–H groups in total.